The highest BCUT2D eigenvalue weighted by Crippen LogP contribution is 2.39. The number of thiophene rings is 1. The molecule has 3 aromatic rings. The smallest absolute Gasteiger partial charge is 0.250 e. The van der Waals surface area contributed by atoms with Gasteiger partial charge in [0.05, 0.1) is 16.8 Å². The molecule has 3 saturated heterocycles. The number of fused-ring (bicyclic) bond motifs is 4. The van der Waals surface area contributed by atoms with Gasteiger partial charge in [-0.15, -0.1) is 11.3 Å². The van der Waals surface area contributed by atoms with E-state index in [9.17, 15) is 35.9 Å². The second-order valence-electron chi connectivity index (χ2n) is 11.4. The van der Waals surface area contributed by atoms with Crippen molar-refractivity contribution in [1.82, 2.24) is 4.72 Å². The van der Waals surface area contributed by atoms with Crippen molar-refractivity contribution >= 4 is 44.7 Å². The molecule has 0 aliphatic carbocycles. The summed E-state index contributed by atoms with van der Waals surface area (Å²) in [5.41, 5.74) is 0.608. The zero-order valence-electron chi connectivity index (χ0n) is 23.9. The first kappa shape index (κ1) is 33.6. The SMILES string of the molecule is N#Cc1ccc(NCCC[N+]23CC[N+](CCOc4c(F)c(F)c5cc(S(=O)(=O)NCP(=O)([O-])[O-])sc5c4F)(CC2)CC3)cc1F. The Bertz CT molecular complexity index is 1790. The van der Waals surface area contributed by atoms with Crippen molar-refractivity contribution in [3.8, 4) is 11.8 Å². The number of nitrogens with zero attached hydrogens (tertiary/aromatic N) is 3. The molecule has 0 atom stereocenters. The van der Waals surface area contributed by atoms with Gasteiger partial charge in [-0.2, -0.15) is 9.65 Å². The topological polar surface area (TPSA) is 154 Å². The molecule has 2 bridgehead atoms. The number of ether oxygens (including phenoxy) is 1. The number of anilines is 1. The molecule has 4 heterocycles. The van der Waals surface area contributed by atoms with Crippen LogP contribution in [0.25, 0.3) is 10.1 Å². The Hall–Kier alpha value is -2.81. The van der Waals surface area contributed by atoms with E-state index in [2.05, 4.69) is 5.32 Å². The van der Waals surface area contributed by atoms with Crippen LogP contribution < -0.4 is 24.6 Å². The average Bonchev–Trinajstić information content (AvgIpc) is 3.47. The molecule has 3 aliphatic rings. The lowest BCUT2D eigenvalue weighted by Crippen LogP contribution is -2.75. The maximum Gasteiger partial charge on any atom is 0.250 e. The third-order valence-corrected chi connectivity index (χ3v) is 12.4. The fourth-order valence-electron chi connectivity index (χ4n) is 5.92. The first-order chi connectivity index (χ1) is 21.2. The molecule has 3 aliphatic heterocycles. The van der Waals surface area contributed by atoms with Gasteiger partial charge in [0, 0.05) is 30.3 Å². The molecule has 2 aromatic carbocycles. The van der Waals surface area contributed by atoms with E-state index in [1.165, 1.54) is 12.1 Å². The van der Waals surface area contributed by atoms with E-state index < -0.39 is 67.2 Å². The van der Waals surface area contributed by atoms with Crippen molar-refractivity contribution in [2.45, 2.75) is 10.6 Å². The highest BCUT2D eigenvalue weighted by molar-refractivity contribution is 7.92. The quantitative estimate of drug-likeness (QED) is 0.0908. The predicted octanol–water partition coefficient (Wildman–Crippen LogP) is 2.02. The molecule has 0 radical (unpaired) electrons. The van der Waals surface area contributed by atoms with Crippen LogP contribution in [-0.4, -0.2) is 89.2 Å². The van der Waals surface area contributed by atoms with Gasteiger partial charge in [0.15, 0.2) is 17.4 Å². The number of nitrogens with one attached hydrogen (secondary N) is 2. The third-order valence-electron chi connectivity index (χ3n) is 8.64. The molecular formula is C27H30F4N5O6PS2. The second kappa shape index (κ2) is 12.8. The minimum atomic E-state index is -5.24. The molecule has 11 nitrogen and oxygen atoms in total. The molecule has 0 unspecified atom stereocenters. The zero-order valence-corrected chi connectivity index (χ0v) is 26.4. The summed E-state index contributed by atoms with van der Waals surface area (Å²) >= 11 is 0.254. The molecule has 45 heavy (non-hydrogen) atoms. The van der Waals surface area contributed by atoms with Gasteiger partial charge in [0.2, 0.25) is 15.8 Å². The van der Waals surface area contributed by atoms with Crippen molar-refractivity contribution in [2.75, 3.05) is 77.1 Å². The van der Waals surface area contributed by atoms with Gasteiger partial charge in [-0.25, -0.2) is 26.3 Å². The Morgan fingerprint density at radius 3 is 2.22 bits per heavy atom. The molecule has 3 fully saturated rings. The van der Waals surface area contributed by atoms with E-state index in [-0.39, 0.29) is 23.5 Å². The van der Waals surface area contributed by atoms with Gasteiger partial charge in [0.25, 0.3) is 0 Å². The van der Waals surface area contributed by atoms with E-state index in [1.807, 2.05) is 0 Å². The molecule has 244 valence electrons. The molecular weight excluding hydrogens is 661 g/mol. The number of sulfonamides is 1. The summed E-state index contributed by atoms with van der Waals surface area (Å²) in [6.07, 6.45) is -0.576. The van der Waals surface area contributed by atoms with Crippen LogP contribution in [0.15, 0.2) is 28.5 Å². The number of quaternary nitrogens is 2. The highest BCUT2D eigenvalue weighted by atomic mass is 32.2. The summed E-state index contributed by atoms with van der Waals surface area (Å²) in [5, 5.41) is 11.4. The van der Waals surface area contributed by atoms with Crippen molar-refractivity contribution in [3.63, 3.8) is 0 Å². The van der Waals surface area contributed by atoms with Gasteiger partial charge in [-0.1, -0.05) is 7.60 Å². The van der Waals surface area contributed by atoms with Crippen molar-refractivity contribution in [3.05, 3.63) is 53.1 Å². The molecule has 0 saturated carbocycles. The van der Waals surface area contributed by atoms with Crippen LogP contribution in [0.2, 0.25) is 0 Å². The zero-order chi connectivity index (χ0) is 32.6. The number of hydrogen-bond donors (Lipinski definition) is 2. The van der Waals surface area contributed by atoms with Crippen LogP contribution in [0.5, 0.6) is 5.75 Å². The number of hydrogen-bond acceptors (Lipinski definition) is 9. The fourth-order valence-corrected chi connectivity index (χ4v) is 9.34. The first-order valence-corrected chi connectivity index (χ1v) is 18.1. The Morgan fingerprint density at radius 1 is 0.978 bits per heavy atom. The van der Waals surface area contributed by atoms with E-state index in [4.69, 9.17) is 10.00 Å². The normalized spacial score (nSPS) is 21.6. The van der Waals surface area contributed by atoms with E-state index >= 15 is 4.39 Å². The number of piperazine rings is 3. The van der Waals surface area contributed by atoms with Crippen LogP contribution in [0.4, 0.5) is 23.2 Å². The summed E-state index contributed by atoms with van der Waals surface area (Å²) in [6.45, 7) is 7.11. The standard InChI is InChI=1S/C27H30F4N5O6PS2/c28-21-14-19(3-2-18(21)16-32)33-4-1-5-35-6-9-36(10-7-35,11-8-35)12-13-42-26-24(30)23(29)20-15-22(44-27(20)25(26)31)45(40,41)34-17-43(37,38)39/h2-3,14-15,33-34H,1,4-13,17H2. The van der Waals surface area contributed by atoms with Gasteiger partial charge in [0.1, 0.15) is 68.5 Å². The second-order valence-corrected chi connectivity index (χ2v) is 16.0. The lowest BCUT2D eigenvalue weighted by molar-refractivity contribution is -1.08. The summed E-state index contributed by atoms with van der Waals surface area (Å²) in [7, 11) is -9.86. The van der Waals surface area contributed by atoms with Crippen LogP contribution in [-0.2, 0) is 14.6 Å². The van der Waals surface area contributed by atoms with Gasteiger partial charge < -0.3 is 33.4 Å². The van der Waals surface area contributed by atoms with Crippen molar-refractivity contribution in [2.24, 2.45) is 0 Å². The maximum absolute atomic E-state index is 15.3. The Morgan fingerprint density at radius 2 is 1.62 bits per heavy atom. The van der Waals surface area contributed by atoms with Gasteiger partial charge in [-0.05, 0) is 24.3 Å². The minimum Gasteiger partial charge on any atom is -0.810 e. The lowest BCUT2D eigenvalue weighted by atomic mass is 10.1. The number of nitriles is 1. The fraction of sp³-hybridized carbons (Fsp3) is 0.444. The molecule has 0 spiro atoms. The molecule has 18 heteroatoms. The number of rotatable bonds is 13. The molecule has 6 rings (SSSR count). The van der Waals surface area contributed by atoms with Crippen LogP contribution in [0.1, 0.15) is 12.0 Å². The summed E-state index contributed by atoms with van der Waals surface area (Å²) in [6, 6.07) is 6.88. The molecule has 0 amide bonds. The summed E-state index contributed by atoms with van der Waals surface area (Å²) < 4.78 is 102. The Labute approximate surface area is 261 Å². The van der Waals surface area contributed by atoms with E-state index in [0.717, 1.165) is 56.7 Å². The van der Waals surface area contributed by atoms with Crippen LogP contribution in [0.3, 0.4) is 0 Å². The largest absolute Gasteiger partial charge is 0.810 e. The minimum absolute atomic E-state index is 0.00470. The monoisotopic (exact) mass is 691 g/mol. The third kappa shape index (κ3) is 7.28. The van der Waals surface area contributed by atoms with E-state index in [0.29, 0.717) is 29.3 Å². The highest BCUT2D eigenvalue weighted by Gasteiger charge is 2.48. The Balaban J connectivity index is 1.16. The van der Waals surface area contributed by atoms with Crippen LogP contribution >= 0.6 is 18.9 Å². The molecule has 1 aromatic heterocycles. The summed E-state index contributed by atoms with van der Waals surface area (Å²) in [5.74, 6) is -5.93. The maximum atomic E-state index is 15.3. The van der Waals surface area contributed by atoms with Crippen molar-refractivity contribution < 1.29 is 54.0 Å². The Kier molecular flexibility index (Phi) is 9.52. The lowest BCUT2D eigenvalue weighted by Gasteiger charge is -2.55. The van der Waals surface area contributed by atoms with E-state index in [1.54, 1.807) is 16.9 Å². The average molecular weight is 692 g/mol. The van der Waals surface area contributed by atoms with Crippen molar-refractivity contribution in [1.29, 1.82) is 5.26 Å². The number of benzene rings is 2. The first-order valence-electron chi connectivity index (χ1n) is 14.0. The summed E-state index contributed by atoms with van der Waals surface area (Å²) in [4.78, 5) is 21.6. The van der Waals surface area contributed by atoms with Gasteiger partial charge in [-0.3, -0.25) is 0 Å². The number of halogens is 4. The van der Waals surface area contributed by atoms with Gasteiger partial charge >= 0.3 is 0 Å². The predicted molar refractivity (Wildman–Crippen MR) is 154 cm³/mol. The van der Waals surface area contributed by atoms with Crippen LogP contribution in [0, 0.1) is 34.6 Å². The molecule has 2 N–H and O–H groups in total.